The Morgan fingerprint density at radius 2 is 2.00 bits per heavy atom. The third-order valence-corrected chi connectivity index (χ3v) is 4.52. The molecule has 1 aliphatic heterocycles. The molecule has 92 valence electrons. The molecule has 2 fully saturated rings. The van der Waals surface area contributed by atoms with Crippen LogP contribution in [0.25, 0.3) is 0 Å². The van der Waals surface area contributed by atoms with Crippen LogP contribution < -0.4 is 10.6 Å². The minimum absolute atomic E-state index is 0.0713. The van der Waals surface area contributed by atoms with E-state index in [-0.39, 0.29) is 16.9 Å². The number of hydrogen-bond acceptors (Lipinski definition) is 2. The topological polar surface area (TPSA) is 41.1 Å². The molecule has 0 radical (unpaired) electrons. The van der Waals surface area contributed by atoms with Crippen LogP contribution in [0.4, 0.5) is 0 Å². The molecule has 3 heteroatoms. The number of rotatable bonds is 3. The van der Waals surface area contributed by atoms with Crippen LogP contribution in [0.3, 0.4) is 0 Å². The Bertz CT molecular complexity index is 263. The lowest BCUT2D eigenvalue weighted by molar-refractivity contribution is -0.132. The van der Waals surface area contributed by atoms with E-state index in [1.165, 1.54) is 12.8 Å². The van der Waals surface area contributed by atoms with Crippen LogP contribution in [0.5, 0.6) is 0 Å². The van der Waals surface area contributed by atoms with Crippen molar-refractivity contribution in [1.29, 1.82) is 0 Å². The second kappa shape index (κ2) is 4.36. The highest BCUT2D eigenvalue weighted by Gasteiger charge is 2.42. The van der Waals surface area contributed by atoms with Crippen LogP contribution in [0.2, 0.25) is 0 Å². The maximum atomic E-state index is 12.4. The second-order valence-corrected chi connectivity index (χ2v) is 5.78. The van der Waals surface area contributed by atoms with Crippen molar-refractivity contribution in [3.05, 3.63) is 0 Å². The fraction of sp³-hybridized carbons (Fsp3) is 0.923. The van der Waals surface area contributed by atoms with Gasteiger partial charge in [0.1, 0.15) is 0 Å². The van der Waals surface area contributed by atoms with Gasteiger partial charge in [-0.15, -0.1) is 0 Å². The maximum absolute atomic E-state index is 12.4. The fourth-order valence-electron chi connectivity index (χ4n) is 3.09. The predicted octanol–water partition coefficient (Wildman–Crippen LogP) is 1.82. The average Bonchev–Trinajstić information content (AvgIpc) is 2.87. The van der Waals surface area contributed by atoms with Crippen LogP contribution in [0.1, 0.15) is 52.4 Å². The first-order valence-electron chi connectivity index (χ1n) is 6.64. The van der Waals surface area contributed by atoms with Gasteiger partial charge in [0.15, 0.2) is 0 Å². The molecule has 0 aromatic heterocycles. The number of carbonyl (C=O) groups excluding carboxylic acids is 1. The Balaban J connectivity index is 2.01. The molecule has 0 aromatic carbocycles. The van der Waals surface area contributed by atoms with E-state index in [4.69, 9.17) is 0 Å². The lowest BCUT2D eigenvalue weighted by atomic mass is 9.82. The summed E-state index contributed by atoms with van der Waals surface area (Å²) in [7, 11) is 0. The SMILES string of the molecule is CCC1(C(=O)NC2(C)CCCC2)CCNC1. The molecular weight excluding hydrogens is 200 g/mol. The molecular formula is C13H24N2O. The van der Waals surface area contributed by atoms with E-state index in [0.717, 1.165) is 38.8 Å². The third kappa shape index (κ3) is 2.10. The number of carbonyl (C=O) groups is 1. The zero-order chi connectivity index (χ0) is 11.6. The van der Waals surface area contributed by atoms with Crippen LogP contribution in [-0.4, -0.2) is 24.5 Å². The summed E-state index contributed by atoms with van der Waals surface area (Å²) in [5.74, 6) is 0.282. The van der Waals surface area contributed by atoms with E-state index in [9.17, 15) is 4.79 Å². The summed E-state index contributed by atoms with van der Waals surface area (Å²) in [5.41, 5.74) is -0.0621. The molecule has 3 nitrogen and oxygen atoms in total. The Hall–Kier alpha value is -0.570. The monoisotopic (exact) mass is 224 g/mol. The number of amides is 1. The zero-order valence-corrected chi connectivity index (χ0v) is 10.6. The fourth-order valence-corrected chi connectivity index (χ4v) is 3.09. The van der Waals surface area contributed by atoms with Gasteiger partial charge in [0.05, 0.1) is 5.41 Å². The van der Waals surface area contributed by atoms with Crippen molar-refractivity contribution in [3.8, 4) is 0 Å². The van der Waals surface area contributed by atoms with E-state index in [1.807, 2.05) is 0 Å². The Morgan fingerprint density at radius 3 is 2.50 bits per heavy atom. The van der Waals surface area contributed by atoms with Crippen LogP contribution >= 0.6 is 0 Å². The molecule has 2 aliphatic rings. The molecule has 2 rings (SSSR count). The second-order valence-electron chi connectivity index (χ2n) is 5.78. The standard InChI is InChI=1S/C13H24N2O/c1-3-13(8-9-14-10-13)11(16)15-12(2)6-4-5-7-12/h14H,3-10H2,1-2H3,(H,15,16). The first-order chi connectivity index (χ1) is 7.60. The van der Waals surface area contributed by atoms with Gasteiger partial charge in [-0.1, -0.05) is 19.8 Å². The summed E-state index contributed by atoms with van der Waals surface area (Å²) in [5, 5.41) is 6.63. The number of hydrogen-bond donors (Lipinski definition) is 2. The first kappa shape index (κ1) is 11.9. The molecule has 1 saturated carbocycles. The molecule has 2 N–H and O–H groups in total. The van der Waals surface area contributed by atoms with Gasteiger partial charge in [-0.25, -0.2) is 0 Å². The van der Waals surface area contributed by atoms with Crippen LogP contribution in [-0.2, 0) is 4.79 Å². The Labute approximate surface area is 98.4 Å². The summed E-state index contributed by atoms with van der Waals surface area (Å²) in [6.07, 6.45) is 6.74. The van der Waals surface area contributed by atoms with Crippen molar-refractivity contribution < 1.29 is 4.79 Å². The molecule has 1 unspecified atom stereocenters. The highest BCUT2D eigenvalue weighted by atomic mass is 16.2. The molecule has 1 atom stereocenters. The molecule has 1 amide bonds. The largest absolute Gasteiger partial charge is 0.350 e. The van der Waals surface area contributed by atoms with Gasteiger partial charge >= 0.3 is 0 Å². The van der Waals surface area contributed by atoms with Gasteiger partial charge in [0.2, 0.25) is 5.91 Å². The van der Waals surface area contributed by atoms with Crippen molar-refractivity contribution in [2.24, 2.45) is 5.41 Å². The van der Waals surface area contributed by atoms with Crippen molar-refractivity contribution in [3.63, 3.8) is 0 Å². The lowest BCUT2D eigenvalue weighted by Crippen LogP contribution is -2.51. The van der Waals surface area contributed by atoms with E-state index >= 15 is 0 Å². The minimum atomic E-state index is -0.133. The zero-order valence-electron chi connectivity index (χ0n) is 10.6. The first-order valence-corrected chi connectivity index (χ1v) is 6.64. The normalized spacial score (nSPS) is 32.9. The Morgan fingerprint density at radius 1 is 1.31 bits per heavy atom. The van der Waals surface area contributed by atoms with Gasteiger partial charge in [-0.3, -0.25) is 4.79 Å². The summed E-state index contributed by atoms with van der Waals surface area (Å²) >= 11 is 0. The van der Waals surface area contributed by atoms with Crippen molar-refractivity contribution in [2.45, 2.75) is 57.9 Å². The highest BCUT2D eigenvalue weighted by Crippen LogP contribution is 2.34. The smallest absolute Gasteiger partial charge is 0.227 e. The summed E-state index contributed by atoms with van der Waals surface area (Å²) in [6.45, 7) is 6.16. The summed E-state index contributed by atoms with van der Waals surface area (Å²) < 4.78 is 0. The van der Waals surface area contributed by atoms with Crippen LogP contribution in [0.15, 0.2) is 0 Å². The van der Waals surface area contributed by atoms with Crippen molar-refractivity contribution >= 4 is 5.91 Å². The molecule has 1 saturated heterocycles. The van der Waals surface area contributed by atoms with Gasteiger partial charge < -0.3 is 10.6 Å². The molecule has 16 heavy (non-hydrogen) atoms. The van der Waals surface area contributed by atoms with E-state index in [0.29, 0.717) is 0 Å². The average molecular weight is 224 g/mol. The highest BCUT2D eigenvalue weighted by molar-refractivity contribution is 5.84. The van der Waals surface area contributed by atoms with E-state index in [2.05, 4.69) is 24.5 Å². The van der Waals surface area contributed by atoms with Gasteiger partial charge in [0.25, 0.3) is 0 Å². The maximum Gasteiger partial charge on any atom is 0.227 e. The lowest BCUT2D eigenvalue weighted by Gasteiger charge is -2.32. The van der Waals surface area contributed by atoms with E-state index < -0.39 is 0 Å². The van der Waals surface area contributed by atoms with Gasteiger partial charge in [-0.05, 0) is 39.2 Å². The van der Waals surface area contributed by atoms with Gasteiger partial charge in [0, 0.05) is 12.1 Å². The molecule has 0 bridgehead atoms. The third-order valence-electron chi connectivity index (χ3n) is 4.52. The summed E-state index contributed by atoms with van der Waals surface area (Å²) in [4.78, 5) is 12.4. The molecule has 0 aromatic rings. The quantitative estimate of drug-likeness (QED) is 0.768. The molecule has 0 spiro atoms. The van der Waals surface area contributed by atoms with Crippen molar-refractivity contribution in [1.82, 2.24) is 10.6 Å². The van der Waals surface area contributed by atoms with Gasteiger partial charge in [-0.2, -0.15) is 0 Å². The molecule has 1 heterocycles. The Kier molecular flexibility index (Phi) is 3.24. The minimum Gasteiger partial charge on any atom is -0.350 e. The van der Waals surface area contributed by atoms with Crippen molar-refractivity contribution in [2.75, 3.05) is 13.1 Å². The van der Waals surface area contributed by atoms with E-state index in [1.54, 1.807) is 0 Å². The predicted molar refractivity (Wildman–Crippen MR) is 65.2 cm³/mol. The van der Waals surface area contributed by atoms with Crippen LogP contribution in [0, 0.1) is 5.41 Å². The number of nitrogens with one attached hydrogen (secondary N) is 2. The molecule has 1 aliphatic carbocycles. The summed E-state index contributed by atoms with van der Waals surface area (Å²) in [6, 6.07) is 0.